The fraction of sp³-hybridized carbons (Fsp3) is 0.731. The molecule has 0 bridgehead atoms. The molecule has 0 spiro atoms. The van der Waals surface area contributed by atoms with Crippen molar-refractivity contribution in [1.29, 1.82) is 0 Å². The van der Waals surface area contributed by atoms with E-state index in [9.17, 15) is 4.79 Å². The molecule has 0 aromatic heterocycles. The van der Waals surface area contributed by atoms with Gasteiger partial charge in [-0.15, -0.1) is 0 Å². The van der Waals surface area contributed by atoms with Crippen LogP contribution in [0.15, 0.2) is 18.2 Å². The first-order valence-corrected chi connectivity index (χ1v) is 12.7. The minimum absolute atomic E-state index is 0.0313. The molecular weight excluding hydrogens is 402 g/mol. The maximum absolute atomic E-state index is 14.2. The summed E-state index contributed by atoms with van der Waals surface area (Å²) in [7, 11) is 3.40. The minimum Gasteiger partial charge on any atom is -0.497 e. The SMILES string of the molecule is COc1ccc(CN(C2CC2)C(C(=O)N2CCC[C@H]3CCCC[C@@H]32)C2CNC2)c(OC)c1. The Morgan fingerprint density at radius 2 is 1.88 bits per heavy atom. The summed E-state index contributed by atoms with van der Waals surface area (Å²) in [6, 6.07) is 7.00. The van der Waals surface area contributed by atoms with Gasteiger partial charge in [-0.3, -0.25) is 9.69 Å². The minimum atomic E-state index is -0.0313. The molecular formula is C26H39N3O3. The lowest BCUT2D eigenvalue weighted by Gasteiger charge is -2.49. The Labute approximate surface area is 192 Å². The van der Waals surface area contributed by atoms with Gasteiger partial charge >= 0.3 is 0 Å². The molecule has 2 saturated heterocycles. The van der Waals surface area contributed by atoms with E-state index in [-0.39, 0.29) is 6.04 Å². The van der Waals surface area contributed by atoms with Crippen LogP contribution in [0.1, 0.15) is 56.9 Å². The fourth-order valence-electron chi connectivity index (χ4n) is 6.26. The van der Waals surface area contributed by atoms with Crippen LogP contribution in [-0.2, 0) is 11.3 Å². The summed E-state index contributed by atoms with van der Waals surface area (Å²) in [4.78, 5) is 19.0. The van der Waals surface area contributed by atoms with Crippen molar-refractivity contribution >= 4 is 5.91 Å². The number of nitrogens with zero attached hydrogens (tertiary/aromatic N) is 2. The van der Waals surface area contributed by atoms with Crippen LogP contribution in [-0.4, -0.2) is 67.7 Å². The van der Waals surface area contributed by atoms with Gasteiger partial charge in [-0.2, -0.15) is 0 Å². The molecule has 2 aliphatic heterocycles. The van der Waals surface area contributed by atoms with Gasteiger partial charge in [-0.25, -0.2) is 0 Å². The van der Waals surface area contributed by atoms with Gasteiger partial charge in [-0.1, -0.05) is 18.9 Å². The predicted octanol–water partition coefficient (Wildman–Crippen LogP) is 3.44. The average molecular weight is 442 g/mol. The molecule has 4 aliphatic rings. The molecule has 1 aromatic carbocycles. The Kier molecular flexibility index (Phi) is 6.61. The van der Waals surface area contributed by atoms with Gasteiger partial charge in [-0.05, 0) is 50.5 Å². The number of amides is 1. The van der Waals surface area contributed by atoms with Gasteiger partial charge in [0.25, 0.3) is 0 Å². The van der Waals surface area contributed by atoms with Gasteiger partial charge in [0.15, 0.2) is 0 Å². The number of rotatable bonds is 8. The van der Waals surface area contributed by atoms with Crippen molar-refractivity contribution < 1.29 is 14.3 Å². The summed E-state index contributed by atoms with van der Waals surface area (Å²) in [6.07, 6.45) is 9.96. The number of carbonyl (C=O) groups excluding carboxylic acids is 1. The molecule has 0 radical (unpaired) electrons. The first-order chi connectivity index (χ1) is 15.7. The summed E-state index contributed by atoms with van der Waals surface area (Å²) in [5, 5.41) is 3.43. The van der Waals surface area contributed by atoms with Crippen LogP contribution < -0.4 is 14.8 Å². The standard InChI is InChI=1S/C26H39N3O3/c1-31-22-12-9-19(24(14-22)32-2)17-29(21-10-11-21)25(20-15-27-16-20)26(30)28-13-5-7-18-6-3-4-8-23(18)28/h9,12,14,18,20-21,23,25,27H,3-8,10-11,13,15-17H2,1-2H3/t18-,23+,25?/m1/s1. The molecule has 5 rings (SSSR count). The smallest absolute Gasteiger partial charge is 0.240 e. The Balaban J connectivity index is 1.41. The predicted molar refractivity (Wildman–Crippen MR) is 125 cm³/mol. The number of ether oxygens (including phenoxy) is 2. The average Bonchev–Trinajstić information content (AvgIpc) is 3.64. The molecule has 2 heterocycles. The number of carbonyl (C=O) groups is 1. The molecule has 3 atom stereocenters. The lowest BCUT2D eigenvalue weighted by molar-refractivity contribution is -0.147. The zero-order chi connectivity index (χ0) is 22.1. The highest BCUT2D eigenvalue weighted by Gasteiger charge is 2.47. The van der Waals surface area contributed by atoms with Crippen molar-refractivity contribution in [2.45, 2.75) is 76.0 Å². The van der Waals surface area contributed by atoms with E-state index in [0.29, 0.717) is 23.9 Å². The van der Waals surface area contributed by atoms with Gasteiger partial charge in [0, 0.05) is 55.8 Å². The molecule has 6 heteroatoms. The van der Waals surface area contributed by atoms with Crippen LogP contribution >= 0.6 is 0 Å². The number of nitrogens with one attached hydrogen (secondary N) is 1. The van der Waals surface area contributed by atoms with E-state index in [0.717, 1.165) is 55.6 Å². The van der Waals surface area contributed by atoms with Crippen molar-refractivity contribution in [3.8, 4) is 11.5 Å². The third kappa shape index (κ3) is 4.36. The highest BCUT2D eigenvalue weighted by Crippen LogP contribution is 2.39. The second-order valence-corrected chi connectivity index (χ2v) is 10.2. The van der Waals surface area contributed by atoms with Gasteiger partial charge in [0.1, 0.15) is 11.5 Å². The molecule has 6 nitrogen and oxygen atoms in total. The van der Waals surface area contributed by atoms with E-state index in [4.69, 9.17) is 9.47 Å². The molecule has 176 valence electrons. The topological polar surface area (TPSA) is 54.0 Å². The maximum atomic E-state index is 14.2. The van der Waals surface area contributed by atoms with Crippen LogP contribution in [0, 0.1) is 11.8 Å². The van der Waals surface area contributed by atoms with Crippen molar-refractivity contribution in [1.82, 2.24) is 15.1 Å². The third-order valence-electron chi connectivity index (χ3n) is 8.26. The zero-order valence-corrected chi connectivity index (χ0v) is 19.7. The van der Waals surface area contributed by atoms with Gasteiger partial charge in [0.2, 0.25) is 5.91 Å². The highest BCUT2D eigenvalue weighted by atomic mass is 16.5. The number of hydrogen-bond acceptors (Lipinski definition) is 5. The Morgan fingerprint density at radius 3 is 2.56 bits per heavy atom. The fourth-order valence-corrected chi connectivity index (χ4v) is 6.26. The van der Waals surface area contributed by atoms with Crippen molar-refractivity contribution in [3.05, 3.63) is 23.8 Å². The number of likely N-dealkylation sites (tertiary alicyclic amines) is 1. The molecule has 1 amide bonds. The van der Waals surface area contributed by atoms with Crippen LogP contribution in [0.4, 0.5) is 0 Å². The van der Waals surface area contributed by atoms with Crippen LogP contribution in [0.25, 0.3) is 0 Å². The summed E-state index contributed by atoms with van der Waals surface area (Å²) in [5.74, 6) is 3.16. The van der Waals surface area contributed by atoms with E-state index in [1.54, 1.807) is 14.2 Å². The maximum Gasteiger partial charge on any atom is 0.240 e. The second-order valence-electron chi connectivity index (χ2n) is 10.2. The normalized spacial score (nSPS) is 26.9. The van der Waals surface area contributed by atoms with Gasteiger partial charge < -0.3 is 19.7 Å². The van der Waals surface area contributed by atoms with Crippen LogP contribution in [0.2, 0.25) is 0 Å². The van der Waals surface area contributed by atoms with E-state index in [2.05, 4.69) is 21.2 Å². The quantitative estimate of drug-likeness (QED) is 0.670. The molecule has 2 saturated carbocycles. The van der Waals surface area contributed by atoms with E-state index in [1.807, 2.05) is 12.1 Å². The molecule has 32 heavy (non-hydrogen) atoms. The first-order valence-electron chi connectivity index (χ1n) is 12.7. The number of benzene rings is 1. The first kappa shape index (κ1) is 22.0. The lowest BCUT2D eigenvalue weighted by Crippen LogP contribution is -2.63. The van der Waals surface area contributed by atoms with Gasteiger partial charge in [0.05, 0.1) is 20.3 Å². The molecule has 1 N–H and O–H groups in total. The third-order valence-corrected chi connectivity index (χ3v) is 8.26. The Hall–Kier alpha value is -1.79. The molecule has 1 unspecified atom stereocenters. The summed E-state index contributed by atoms with van der Waals surface area (Å²) >= 11 is 0. The number of piperidine rings is 1. The zero-order valence-electron chi connectivity index (χ0n) is 19.7. The monoisotopic (exact) mass is 441 g/mol. The number of methoxy groups -OCH3 is 2. The summed E-state index contributed by atoms with van der Waals surface area (Å²) in [6.45, 7) is 3.59. The van der Waals surface area contributed by atoms with Crippen LogP contribution in [0.5, 0.6) is 11.5 Å². The Bertz CT molecular complexity index is 806. The molecule has 4 fully saturated rings. The molecule has 2 aliphatic carbocycles. The second kappa shape index (κ2) is 9.60. The van der Waals surface area contributed by atoms with Crippen LogP contribution in [0.3, 0.4) is 0 Å². The molecule has 1 aromatic rings. The van der Waals surface area contributed by atoms with E-state index < -0.39 is 0 Å². The van der Waals surface area contributed by atoms with Crippen molar-refractivity contribution in [3.63, 3.8) is 0 Å². The highest BCUT2D eigenvalue weighted by molar-refractivity contribution is 5.83. The summed E-state index contributed by atoms with van der Waals surface area (Å²) < 4.78 is 11.1. The van der Waals surface area contributed by atoms with E-state index >= 15 is 0 Å². The lowest BCUT2D eigenvalue weighted by atomic mass is 9.77. The Morgan fingerprint density at radius 1 is 1.09 bits per heavy atom. The summed E-state index contributed by atoms with van der Waals surface area (Å²) in [5.41, 5.74) is 1.14. The van der Waals surface area contributed by atoms with Crippen molar-refractivity contribution in [2.75, 3.05) is 33.9 Å². The van der Waals surface area contributed by atoms with E-state index in [1.165, 1.54) is 44.9 Å². The number of fused-ring (bicyclic) bond motifs is 1. The number of hydrogen-bond donors (Lipinski definition) is 1. The van der Waals surface area contributed by atoms with Crippen molar-refractivity contribution in [2.24, 2.45) is 11.8 Å². The largest absolute Gasteiger partial charge is 0.497 e.